The van der Waals surface area contributed by atoms with Crippen LogP contribution in [0.25, 0.3) is 72.6 Å². The number of para-hydroxylation sites is 2. The van der Waals surface area contributed by atoms with Crippen LogP contribution >= 0.6 is 0 Å². The predicted molar refractivity (Wildman–Crippen MR) is 236 cm³/mol. The minimum Gasteiger partial charge on any atom is -0.486 e. The van der Waals surface area contributed by atoms with Gasteiger partial charge in [-0.25, -0.2) is 4.98 Å². The maximum atomic E-state index is 8.01. The fraction of sp³-hybridized carbons (Fsp3) is 0.180. The van der Waals surface area contributed by atoms with E-state index in [-0.39, 0.29) is 20.1 Å². The van der Waals surface area contributed by atoms with Gasteiger partial charge in [-0.15, -0.1) is 53.6 Å². The third-order valence-electron chi connectivity index (χ3n) is 10.3. The van der Waals surface area contributed by atoms with E-state index in [0.717, 1.165) is 67.0 Å². The number of furan rings is 1. The Bertz CT molecular complexity index is 2810. The Hall–Kier alpha value is -5.46. The molecule has 9 rings (SSSR count). The fourth-order valence-corrected chi connectivity index (χ4v) is 8.33. The Kier molecular flexibility index (Phi) is 10.9. The Morgan fingerprint density at radius 2 is 1.49 bits per heavy atom. The SMILES string of the molecule is Cc1ccc2c(n1)oc1c(-c3nc4ccccc4n3-c3c(C)cc(-c4ccccc4)cc3C)[c-]ccc12.[2H]C(C)(C)c1c[c-]c(-c2ccc([Si](C)(C)C)cn2)cc1.[Ir]. The van der Waals surface area contributed by atoms with Crippen LogP contribution in [0.1, 0.15) is 43.5 Å². The van der Waals surface area contributed by atoms with E-state index in [4.69, 9.17) is 10.8 Å². The number of hydrogen-bond acceptors (Lipinski definition) is 4. The number of pyridine rings is 2. The molecule has 0 bridgehead atoms. The van der Waals surface area contributed by atoms with Gasteiger partial charge in [-0.1, -0.05) is 105 Å². The molecule has 0 saturated carbocycles. The van der Waals surface area contributed by atoms with Crippen molar-refractivity contribution in [1.82, 2.24) is 19.5 Å². The second kappa shape index (κ2) is 16.2. The van der Waals surface area contributed by atoms with Gasteiger partial charge in [0.05, 0.1) is 30.5 Å². The van der Waals surface area contributed by atoms with E-state index in [0.29, 0.717) is 5.71 Å². The van der Waals surface area contributed by atoms with E-state index in [1.54, 1.807) is 0 Å². The molecule has 0 N–H and O–H groups in total. The maximum absolute atomic E-state index is 8.01. The summed E-state index contributed by atoms with van der Waals surface area (Å²) < 4.78 is 16.6. The molecule has 0 saturated heterocycles. The molecule has 0 unspecified atom stereocenters. The van der Waals surface area contributed by atoms with Gasteiger partial charge in [0.1, 0.15) is 0 Å². The molecule has 9 aromatic rings. The van der Waals surface area contributed by atoms with Gasteiger partial charge in [0.15, 0.2) is 0 Å². The molecule has 0 atom stereocenters. The molecule has 0 amide bonds. The van der Waals surface area contributed by atoms with Gasteiger partial charge in [-0.05, 0) is 90.3 Å². The zero-order valence-electron chi connectivity index (χ0n) is 34.7. The van der Waals surface area contributed by atoms with Crippen LogP contribution < -0.4 is 5.19 Å². The number of hydrogen-bond donors (Lipinski definition) is 0. The summed E-state index contributed by atoms with van der Waals surface area (Å²) in [4.78, 5) is 14.3. The van der Waals surface area contributed by atoms with Gasteiger partial charge < -0.3 is 14.0 Å². The molecule has 0 aliphatic heterocycles. The van der Waals surface area contributed by atoms with Crippen LogP contribution in [0.3, 0.4) is 0 Å². The van der Waals surface area contributed by atoms with Crippen LogP contribution in [0.4, 0.5) is 0 Å². The first-order valence-corrected chi connectivity index (χ1v) is 22.6. The van der Waals surface area contributed by atoms with E-state index in [9.17, 15) is 0 Å². The van der Waals surface area contributed by atoms with Gasteiger partial charge in [0.2, 0.25) is 5.71 Å². The summed E-state index contributed by atoms with van der Waals surface area (Å²) in [7, 11) is -1.29. The second-order valence-electron chi connectivity index (χ2n) is 15.8. The summed E-state index contributed by atoms with van der Waals surface area (Å²) in [6, 6.07) is 48.2. The molecule has 7 heteroatoms. The average Bonchev–Trinajstić information content (AvgIpc) is 3.76. The standard InChI is InChI=1S/C33H24N3O.C17H22NSi.Ir/c1-20-18-24(23-10-5-4-6-11-23)19-21(2)30(20)36-29-15-8-7-14-28(29)35-32(36)27-13-9-12-25-26-17-16-22(3)34-33(26)37-31(25)27;1-13(2)14-6-8-15(9-7-14)17-11-10-16(12-18-17)19(3,4)5;/h4-12,14-19H,1-3H3;6-8,10-13H,1-5H3;/q2*-1;/i;13D;. The van der Waals surface area contributed by atoms with Crippen molar-refractivity contribution >= 4 is 46.4 Å². The number of aryl methyl sites for hydroxylation is 3. The third kappa shape index (κ3) is 7.93. The number of aromatic nitrogens is 4. The smallest absolute Gasteiger partial charge is 0.216 e. The molecular formula is C50H46IrN4OSi-2. The summed E-state index contributed by atoms with van der Waals surface area (Å²) in [5.74, 6) is 0.227. The van der Waals surface area contributed by atoms with Crippen molar-refractivity contribution in [3.63, 3.8) is 0 Å². The minimum absolute atomic E-state index is 0. The van der Waals surface area contributed by atoms with Crippen LogP contribution in [0.2, 0.25) is 19.6 Å². The molecule has 5 nitrogen and oxygen atoms in total. The summed E-state index contributed by atoms with van der Waals surface area (Å²) in [6.45, 7) is 17.1. The van der Waals surface area contributed by atoms with Crippen molar-refractivity contribution in [2.45, 2.75) is 60.2 Å². The minimum atomic E-state index is -1.29. The van der Waals surface area contributed by atoms with Gasteiger partial charge in [-0.2, -0.15) is 0 Å². The number of imidazole rings is 1. The van der Waals surface area contributed by atoms with Crippen LogP contribution in [-0.4, -0.2) is 27.6 Å². The van der Waals surface area contributed by atoms with E-state index in [2.05, 4.69) is 133 Å². The molecule has 4 aromatic heterocycles. The Morgan fingerprint density at radius 3 is 2.16 bits per heavy atom. The monoisotopic (exact) mass is 940 g/mol. The number of fused-ring (bicyclic) bond motifs is 4. The summed E-state index contributed by atoms with van der Waals surface area (Å²) >= 11 is 0. The Balaban J connectivity index is 0.000000208. The summed E-state index contributed by atoms with van der Waals surface area (Å²) in [5, 5.41) is 3.38. The molecule has 1 radical (unpaired) electrons. The zero-order valence-corrected chi connectivity index (χ0v) is 37.0. The first-order valence-electron chi connectivity index (χ1n) is 19.6. The topological polar surface area (TPSA) is 56.7 Å². The number of benzene rings is 5. The van der Waals surface area contributed by atoms with Crippen LogP contribution in [-0.2, 0) is 20.1 Å². The largest absolute Gasteiger partial charge is 0.486 e. The quantitative estimate of drug-likeness (QED) is 0.123. The predicted octanol–water partition coefficient (Wildman–Crippen LogP) is 12.6. The van der Waals surface area contributed by atoms with Gasteiger partial charge >= 0.3 is 0 Å². The maximum Gasteiger partial charge on any atom is 0.216 e. The molecule has 287 valence electrons. The molecule has 0 fully saturated rings. The Labute approximate surface area is 351 Å². The molecule has 4 heterocycles. The second-order valence-corrected chi connectivity index (χ2v) is 20.8. The Morgan fingerprint density at radius 1 is 0.754 bits per heavy atom. The van der Waals surface area contributed by atoms with E-state index < -0.39 is 14.0 Å². The van der Waals surface area contributed by atoms with Crippen LogP contribution in [0.15, 0.2) is 132 Å². The number of rotatable bonds is 6. The average molecular weight is 940 g/mol. The fourth-order valence-electron chi connectivity index (χ4n) is 7.30. The number of nitrogens with zero attached hydrogens (tertiary/aromatic N) is 4. The molecular weight excluding hydrogens is 893 g/mol. The van der Waals surface area contributed by atoms with Gasteiger partial charge in [0.25, 0.3) is 0 Å². The van der Waals surface area contributed by atoms with E-state index >= 15 is 0 Å². The van der Waals surface area contributed by atoms with Crippen molar-refractivity contribution in [3.05, 3.63) is 162 Å². The first kappa shape index (κ1) is 38.4. The van der Waals surface area contributed by atoms with Gasteiger partial charge in [-0.3, -0.25) is 4.98 Å². The van der Waals surface area contributed by atoms with Crippen molar-refractivity contribution in [2.24, 2.45) is 0 Å². The first-order chi connectivity index (χ1) is 27.3. The van der Waals surface area contributed by atoms with E-state index in [1.807, 2.05) is 75.5 Å². The summed E-state index contributed by atoms with van der Waals surface area (Å²) in [6.07, 6.45) is 2.00. The van der Waals surface area contributed by atoms with Gasteiger partial charge in [0, 0.05) is 44.4 Å². The molecule has 0 aliphatic rings. The van der Waals surface area contributed by atoms with Crippen molar-refractivity contribution in [1.29, 1.82) is 0 Å². The van der Waals surface area contributed by atoms with E-state index in [1.165, 1.54) is 27.4 Å². The van der Waals surface area contributed by atoms with Crippen LogP contribution in [0.5, 0.6) is 0 Å². The molecule has 57 heavy (non-hydrogen) atoms. The van der Waals surface area contributed by atoms with Crippen molar-refractivity contribution < 1.29 is 25.9 Å². The normalized spacial score (nSPS) is 12.0. The van der Waals surface area contributed by atoms with Crippen molar-refractivity contribution in [3.8, 4) is 39.5 Å². The zero-order chi connectivity index (χ0) is 40.1. The molecule has 0 spiro atoms. The van der Waals surface area contributed by atoms with Crippen LogP contribution in [0, 0.1) is 32.9 Å². The molecule has 5 aromatic carbocycles. The molecule has 0 aliphatic carbocycles. The third-order valence-corrected chi connectivity index (χ3v) is 12.4. The van der Waals surface area contributed by atoms with Crippen molar-refractivity contribution in [2.75, 3.05) is 0 Å². The summed E-state index contributed by atoms with van der Waals surface area (Å²) in [5.41, 5.74) is 13.9.